The van der Waals surface area contributed by atoms with Crippen LogP contribution < -0.4 is 5.32 Å². The van der Waals surface area contributed by atoms with Gasteiger partial charge in [0, 0.05) is 10.9 Å². The lowest BCUT2D eigenvalue weighted by Crippen LogP contribution is -2.33. The number of carbonyl (C=O) groups is 1. The van der Waals surface area contributed by atoms with Crippen molar-refractivity contribution in [2.45, 2.75) is 38.6 Å². The molecule has 0 aliphatic carbocycles. The summed E-state index contributed by atoms with van der Waals surface area (Å²) in [5.74, 6) is -0.731. The number of rotatable bonds is 8. The van der Waals surface area contributed by atoms with Crippen molar-refractivity contribution in [3.05, 3.63) is 22.4 Å². The Morgan fingerprint density at radius 2 is 2.44 bits per heavy atom. The molecule has 0 aliphatic heterocycles. The van der Waals surface area contributed by atoms with Gasteiger partial charge in [0.1, 0.15) is 0 Å². The molecule has 4 heteroatoms. The fraction of sp³-hybridized carbons (Fsp3) is 0.583. The monoisotopic (exact) mass is 241 g/mol. The van der Waals surface area contributed by atoms with E-state index in [0.717, 1.165) is 25.8 Å². The first-order valence-corrected chi connectivity index (χ1v) is 6.58. The van der Waals surface area contributed by atoms with Crippen molar-refractivity contribution >= 4 is 17.3 Å². The SMILES string of the molecule is CCCCNC(CC(=O)O)Cc1cccs1. The maximum absolute atomic E-state index is 10.7. The van der Waals surface area contributed by atoms with Gasteiger partial charge in [0.2, 0.25) is 0 Å². The van der Waals surface area contributed by atoms with Gasteiger partial charge in [-0.2, -0.15) is 0 Å². The molecule has 1 aromatic heterocycles. The molecule has 0 bridgehead atoms. The first-order chi connectivity index (χ1) is 7.72. The Hall–Kier alpha value is -0.870. The molecule has 0 fully saturated rings. The van der Waals surface area contributed by atoms with Gasteiger partial charge in [0.25, 0.3) is 0 Å². The summed E-state index contributed by atoms with van der Waals surface area (Å²) in [6.45, 7) is 3.03. The molecule has 2 N–H and O–H groups in total. The molecule has 0 saturated heterocycles. The third kappa shape index (κ3) is 5.28. The Morgan fingerprint density at radius 1 is 1.62 bits per heavy atom. The number of aliphatic carboxylic acids is 1. The summed E-state index contributed by atoms with van der Waals surface area (Å²) in [7, 11) is 0. The standard InChI is InChI=1S/C12H19NO2S/c1-2-3-6-13-10(9-12(14)15)8-11-5-4-7-16-11/h4-5,7,10,13H,2-3,6,8-9H2,1H3,(H,14,15). The topological polar surface area (TPSA) is 49.3 Å². The maximum Gasteiger partial charge on any atom is 0.304 e. The molecular formula is C12H19NO2S. The Morgan fingerprint density at radius 3 is 3.00 bits per heavy atom. The Labute approximate surface area is 100 Å². The molecule has 16 heavy (non-hydrogen) atoms. The van der Waals surface area contributed by atoms with Crippen LogP contribution in [0.5, 0.6) is 0 Å². The lowest BCUT2D eigenvalue weighted by atomic mass is 10.1. The van der Waals surface area contributed by atoms with Crippen LogP contribution in [0.3, 0.4) is 0 Å². The van der Waals surface area contributed by atoms with Crippen LogP contribution in [0.2, 0.25) is 0 Å². The van der Waals surface area contributed by atoms with Crippen LogP contribution >= 0.6 is 11.3 Å². The van der Waals surface area contributed by atoms with E-state index in [4.69, 9.17) is 5.11 Å². The van der Waals surface area contributed by atoms with Gasteiger partial charge in [-0.1, -0.05) is 19.4 Å². The maximum atomic E-state index is 10.7. The normalized spacial score (nSPS) is 12.6. The van der Waals surface area contributed by atoms with E-state index in [-0.39, 0.29) is 12.5 Å². The second-order valence-corrected chi connectivity index (χ2v) is 4.92. The fourth-order valence-corrected chi connectivity index (χ4v) is 2.37. The highest BCUT2D eigenvalue weighted by Crippen LogP contribution is 2.12. The third-order valence-electron chi connectivity index (χ3n) is 2.41. The number of nitrogens with one attached hydrogen (secondary N) is 1. The smallest absolute Gasteiger partial charge is 0.304 e. The molecule has 0 spiro atoms. The molecular weight excluding hydrogens is 222 g/mol. The number of carboxylic acid groups (broad SMARTS) is 1. The average Bonchev–Trinajstić information content (AvgIpc) is 2.69. The molecule has 90 valence electrons. The van der Waals surface area contributed by atoms with Gasteiger partial charge in [0.15, 0.2) is 0 Å². The van der Waals surface area contributed by atoms with Crippen LogP contribution in [0.4, 0.5) is 0 Å². The van der Waals surface area contributed by atoms with Gasteiger partial charge in [-0.15, -0.1) is 11.3 Å². The minimum Gasteiger partial charge on any atom is -0.481 e. The highest BCUT2D eigenvalue weighted by Gasteiger charge is 2.13. The van der Waals surface area contributed by atoms with E-state index in [0.29, 0.717) is 0 Å². The molecule has 1 heterocycles. The summed E-state index contributed by atoms with van der Waals surface area (Å²) >= 11 is 1.68. The Balaban J connectivity index is 2.40. The largest absolute Gasteiger partial charge is 0.481 e. The molecule has 1 unspecified atom stereocenters. The van der Waals surface area contributed by atoms with Crippen molar-refractivity contribution in [3.8, 4) is 0 Å². The molecule has 1 rings (SSSR count). The van der Waals surface area contributed by atoms with Crippen molar-refractivity contribution in [2.24, 2.45) is 0 Å². The summed E-state index contributed by atoms with van der Waals surface area (Å²) in [4.78, 5) is 12.0. The van der Waals surface area contributed by atoms with Crippen LogP contribution in [0, 0.1) is 0 Å². The quantitative estimate of drug-likeness (QED) is 0.688. The van der Waals surface area contributed by atoms with Crippen molar-refractivity contribution < 1.29 is 9.90 Å². The number of thiophene rings is 1. The van der Waals surface area contributed by atoms with Gasteiger partial charge in [-0.05, 0) is 30.8 Å². The van der Waals surface area contributed by atoms with E-state index in [1.54, 1.807) is 11.3 Å². The van der Waals surface area contributed by atoms with E-state index < -0.39 is 5.97 Å². The first kappa shape index (κ1) is 13.2. The molecule has 0 aromatic carbocycles. The van der Waals surface area contributed by atoms with E-state index >= 15 is 0 Å². The molecule has 1 aromatic rings. The van der Waals surface area contributed by atoms with Crippen molar-refractivity contribution in [1.29, 1.82) is 0 Å². The highest BCUT2D eigenvalue weighted by atomic mass is 32.1. The number of carboxylic acids is 1. The molecule has 3 nitrogen and oxygen atoms in total. The molecule has 0 amide bonds. The summed E-state index contributed by atoms with van der Waals surface area (Å²) in [5.41, 5.74) is 0. The van der Waals surface area contributed by atoms with Gasteiger partial charge in [-0.3, -0.25) is 4.79 Å². The molecule has 0 radical (unpaired) electrons. The van der Waals surface area contributed by atoms with Crippen molar-refractivity contribution in [2.75, 3.05) is 6.54 Å². The van der Waals surface area contributed by atoms with Gasteiger partial charge >= 0.3 is 5.97 Å². The minimum atomic E-state index is -0.731. The summed E-state index contributed by atoms with van der Waals surface area (Å²) in [6.07, 6.45) is 3.24. The van der Waals surface area contributed by atoms with E-state index in [9.17, 15) is 4.79 Å². The van der Waals surface area contributed by atoms with Gasteiger partial charge < -0.3 is 10.4 Å². The Bertz CT molecular complexity index is 298. The predicted molar refractivity (Wildman–Crippen MR) is 67.0 cm³/mol. The first-order valence-electron chi connectivity index (χ1n) is 5.70. The van der Waals surface area contributed by atoms with Crippen molar-refractivity contribution in [1.82, 2.24) is 5.32 Å². The number of hydrogen-bond donors (Lipinski definition) is 2. The van der Waals surface area contributed by atoms with E-state index in [1.807, 2.05) is 11.4 Å². The minimum absolute atomic E-state index is 0.0581. The molecule has 1 atom stereocenters. The second-order valence-electron chi connectivity index (χ2n) is 3.89. The average molecular weight is 241 g/mol. The summed E-state index contributed by atoms with van der Waals surface area (Å²) in [5, 5.41) is 14.2. The number of hydrogen-bond acceptors (Lipinski definition) is 3. The van der Waals surface area contributed by atoms with Gasteiger partial charge in [0.05, 0.1) is 6.42 Å². The van der Waals surface area contributed by atoms with E-state index in [2.05, 4.69) is 18.3 Å². The predicted octanol–water partition coefficient (Wildman–Crippen LogP) is 2.52. The van der Waals surface area contributed by atoms with Crippen LogP contribution in [-0.2, 0) is 11.2 Å². The fourth-order valence-electron chi connectivity index (χ4n) is 1.58. The Kier molecular flexibility index (Phi) is 6.11. The van der Waals surface area contributed by atoms with Crippen LogP contribution in [0.15, 0.2) is 17.5 Å². The summed E-state index contributed by atoms with van der Waals surface area (Å²) in [6, 6.07) is 4.12. The lowest BCUT2D eigenvalue weighted by Gasteiger charge is -2.15. The third-order valence-corrected chi connectivity index (χ3v) is 3.31. The van der Waals surface area contributed by atoms with Crippen LogP contribution in [-0.4, -0.2) is 23.7 Å². The van der Waals surface area contributed by atoms with Crippen molar-refractivity contribution in [3.63, 3.8) is 0 Å². The van der Waals surface area contributed by atoms with Crippen LogP contribution in [0.25, 0.3) is 0 Å². The zero-order valence-electron chi connectivity index (χ0n) is 9.61. The number of unbranched alkanes of at least 4 members (excludes halogenated alkanes) is 1. The van der Waals surface area contributed by atoms with Crippen LogP contribution in [0.1, 0.15) is 31.1 Å². The summed E-state index contributed by atoms with van der Waals surface area (Å²) < 4.78 is 0. The van der Waals surface area contributed by atoms with E-state index in [1.165, 1.54) is 4.88 Å². The molecule has 0 aliphatic rings. The molecule has 0 saturated carbocycles. The highest BCUT2D eigenvalue weighted by molar-refractivity contribution is 7.09. The lowest BCUT2D eigenvalue weighted by molar-refractivity contribution is -0.137. The second kappa shape index (κ2) is 7.41. The zero-order chi connectivity index (χ0) is 11.8. The van der Waals surface area contributed by atoms with Gasteiger partial charge in [-0.25, -0.2) is 0 Å². The zero-order valence-corrected chi connectivity index (χ0v) is 10.4.